The molecule has 10 heteroatoms. The van der Waals surface area contributed by atoms with Crippen molar-refractivity contribution in [2.75, 3.05) is 4.90 Å². The number of amides is 1. The molecule has 4 aromatic rings. The number of nitrogens with zero attached hydrogens (tertiary/aromatic N) is 4. The number of aliphatic hydroxyl groups excluding tert-OH is 1. The second-order valence-electron chi connectivity index (χ2n) is 8.05. The van der Waals surface area contributed by atoms with Crippen LogP contribution >= 0.6 is 23.1 Å². The summed E-state index contributed by atoms with van der Waals surface area (Å²) in [4.78, 5) is 31.6. The molecule has 1 aliphatic rings. The minimum absolute atomic E-state index is 0.0363. The lowest BCUT2D eigenvalue weighted by atomic mass is 9.95. The van der Waals surface area contributed by atoms with Crippen LogP contribution in [0.3, 0.4) is 0 Å². The van der Waals surface area contributed by atoms with E-state index in [1.165, 1.54) is 35.1 Å². The minimum Gasteiger partial charge on any atom is -0.507 e. The van der Waals surface area contributed by atoms with Gasteiger partial charge in [0.1, 0.15) is 11.6 Å². The van der Waals surface area contributed by atoms with Crippen molar-refractivity contribution in [2.45, 2.75) is 23.1 Å². The third kappa shape index (κ3) is 4.52. The molecule has 0 radical (unpaired) electrons. The minimum atomic E-state index is -0.892. The number of halogens is 1. The number of ketones is 1. The van der Waals surface area contributed by atoms with E-state index in [1.54, 1.807) is 30.3 Å². The average Bonchev–Trinajstić information content (AvgIpc) is 3.46. The zero-order valence-electron chi connectivity index (χ0n) is 19.0. The van der Waals surface area contributed by atoms with Crippen LogP contribution in [0.25, 0.3) is 5.76 Å². The zero-order chi connectivity index (χ0) is 25.2. The van der Waals surface area contributed by atoms with Crippen molar-refractivity contribution in [2.24, 2.45) is 0 Å². The lowest BCUT2D eigenvalue weighted by molar-refractivity contribution is -0.132. The van der Waals surface area contributed by atoms with Crippen LogP contribution in [0.1, 0.15) is 28.3 Å². The van der Waals surface area contributed by atoms with E-state index in [0.29, 0.717) is 26.8 Å². The SMILES string of the molecule is Cc1ccc(C2C(=C(O)c3ccncc3)C(=O)C(=O)N2c2nnc(SCc3ccccc3F)s2)cc1. The van der Waals surface area contributed by atoms with E-state index in [4.69, 9.17) is 0 Å². The van der Waals surface area contributed by atoms with Crippen molar-refractivity contribution in [3.05, 3.63) is 107 Å². The van der Waals surface area contributed by atoms with Crippen molar-refractivity contribution in [3.8, 4) is 0 Å². The van der Waals surface area contributed by atoms with E-state index >= 15 is 0 Å². The average molecular weight is 519 g/mol. The lowest BCUT2D eigenvalue weighted by Gasteiger charge is -2.22. The fraction of sp³-hybridized carbons (Fsp3) is 0.115. The quantitative estimate of drug-likeness (QED) is 0.122. The summed E-state index contributed by atoms with van der Waals surface area (Å²) >= 11 is 2.42. The van der Waals surface area contributed by atoms with Crippen LogP contribution in [0.2, 0.25) is 0 Å². The fourth-order valence-corrected chi connectivity index (χ4v) is 5.73. The molecule has 1 amide bonds. The number of thioether (sulfide) groups is 1. The number of carbonyl (C=O) groups is 2. The zero-order valence-corrected chi connectivity index (χ0v) is 20.6. The van der Waals surface area contributed by atoms with Gasteiger partial charge >= 0.3 is 5.91 Å². The summed E-state index contributed by atoms with van der Waals surface area (Å²) < 4.78 is 14.5. The third-order valence-electron chi connectivity index (χ3n) is 5.70. The molecule has 1 N–H and O–H groups in total. The Balaban J connectivity index is 1.54. The molecule has 0 saturated carbocycles. The van der Waals surface area contributed by atoms with Gasteiger partial charge in [0.2, 0.25) is 5.13 Å². The molecule has 3 heterocycles. The number of benzene rings is 2. The highest BCUT2D eigenvalue weighted by atomic mass is 32.2. The van der Waals surface area contributed by atoms with Gasteiger partial charge in [-0.25, -0.2) is 4.39 Å². The Hall–Kier alpha value is -3.89. The first-order valence-corrected chi connectivity index (χ1v) is 12.7. The molecule has 1 aliphatic heterocycles. The second kappa shape index (κ2) is 10.00. The summed E-state index contributed by atoms with van der Waals surface area (Å²) in [6, 6.07) is 16.1. The molecular weight excluding hydrogens is 499 g/mol. The number of aromatic nitrogens is 3. The number of carbonyl (C=O) groups excluding carboxylic acids is 2. The van der Waals surface area contributed by atoms with Gasteiger partial charge in [-0.15, -0.1) is 10.2 Å². The Labute approximate surface area is 214 Å². The standard InChI is InChI=1S/C26H19FN4O3S2/c1-15-6-8-16(9-7-15)21-20(22(32)17-10-12-28-13-11-17)23(33)24(34)31(21)25-29-30-26(36-25)35-14-18-4-2-3-5-19(18)27/h2-13,21,32H,14H2,1H3. The maximum absolute atomic E-state index is 14.0. The predicted octanol–water partition coefficient (Wildman–Crippen LogP) is 5.30. The number of anilines is 1. The Morgan fingerprint density at radius 3 is 2.50 bits per heavy atom. The predicted molar refractivity (Wildman–Crippen MR) is 136 cm³/mol. The van der Waals surface area contributed by atoms with E-state index in [9.17, 15) is 19.1 Å². The number of Topliss-reactive ketones (excluding diaryl/α,β-unsaturated/α-hetero) is 1. The Morgan fingerprint density at radius 2 is 1.78 bits per heavy atom. The molecule has 0 spiro atoms. The highest BCUT2D eigenvalue weighted by molar-refractivity contribution is 8.00. The first-order chi connectivity index (χ1) is 17.4. The molecule has 0 aliphatic carbocycles. The maximum atomic E-state index is 14.0. The van der Waals surface area contributed by atoms with Gasteiger partial charge in [-0.1, -0.05) is 71.1 Å². The van der Waals surface area contributed by atoms with Crippen LogP contribution in [-0.4, -0.2) is 32.0 Å². The van der Waals surface area contributed by atoms with Gasteiger partial charge in [0.15, 0.2) is 4.34 Å². The first kappa shape index (κ1) is 23.8. The summed E-state index contributed by atoms with van der Waals surface area (Å²) in [5.74, 6) is -1.88. The second-order valence-corrected chi connectivity index (χ2v) is 10.2. The van der Waals surface area contributed by atoms with E-state index < -0.39 is 17.7 Å². The van der Waals surface area contributed by atoms with Gasteiger partial charge in [-0.3, -0.25) is 19.5 Å². The summed E-state index contributed by atoms with van der Waals surface area (Å²) in [6.07, 6.45) is 2.99. The number of aryl methyl sites for hydroxylation is 1. The van der Waals surface area contributed by atoms with Crippen LogP contribution in [0.5, 0.6) is 0 Å². The first-order valence-electron chi connectivity index (χ1n) is 10.9. The van der Waals surface area contributed by atoms with E-state index in [2.05, 4.69) is 15.2 Å². The van der Waals surface area contributed by atoms with E-state index in [-0.39, 0.29) is 22.3 Å². The molecule has 2 aromatic carbocycles. The Kier molecular flexibility index (Phi) is 6.62. The van der Waals surface area contributed by atoms with Crippen molar-refractivity contribution in [3.63, 3.8) is 0 Å². The number of aliphatic hydroxyl groups is 1. The van der Waals surface area contributed by atoms with Crippen molar-refractivity contribution in [1.82, 2.24) is 15.2 Å². The summed E-state index contributed by atoms with van der Waals surface area (Å²) in [5.41, 5.74) is 2.51. The monoisotopic (exact) mass is 518 g/mol. The fourth-order valence-electron chi connectivity index (χ4n) is 3.87. The highest BCUT2D eigenvalue weighted by Gasteiger charge is 2.48. The maximum Gasteiger partial charge on any atom is 0.301 e. The van der Waals surface area contributed by atoms with Crippen LogP contribution in [-0.2, 0) is 15.3 Å². The number of hydrogen-bond donors (Lipinski definition) is 1. The lowest BCUT2D eigenvalue weighted by Crippen LogP contribution is -2.29. The van der Waals surface area contributed by atoms with Gasteiger partial charge in [-0.05, 0) is 36.2 Å². The number of rotatable bonds is 6. The molecule has 7 nitrogen and oxygen atoms in total. The molecule has 1 fully saturated rings. The molecule has 0 bridgehead atoms. The topological polar surface area (TPSA) is 96.3 Å². The molecule has 180 valence electrons. The smallest absolute Gasteiger partial charge is 0.301 e. The molecule has 2 aromatic heterocycles. The number of hydrogen-bond acceptors (Lipinski definition) is 8. The molecular formula is C26H19FN4O3S2. The molecule has 5 rings (SSSR count). The van der Waals surface area contributed by atoms with E-state index in [1.807, 2.05) is 31.2 Å². The summed E-state index contributed by atoms with van der Waals surface area (Å²) in [6.45, 7) is 1.93. The summed E-state index contributed by atoms with van der Waals surface area (Å²) in [5, 5.41) is 19.6. The van der Waals surface area contributed by atoms with Crippen molar-refractivity contribution < 1.29 is 19.1 Å². The third-order valence-corrected chi connectivity index (χ3v) is 7.81. The van der Waals surface area contributed by atoms with Crippen LogP contribution < -0.4 is 4.90 Å². The molecule has 1 unspecified atom stereocenters. The van der Waals surface area contributed by atoms with Gasteiger partial charge in [-0.2, -0.15) is 0 Å². The number of pyridine rings is 1. The largest absolute Gasteiger partial charge is 0.507 e. The van der Waals surface area contributed by atoms with Crippen LogP contribution in [0.4, 0.5) is 9.52 Å². The Bertz CT molecular complexity index is 1470. The Morgan fingerprint density at radius 1 is 1.06 bits per heavy atom. The highest BCUT2D eigenvalue weighted by Crippen LogP contribution is 2.44. The van der Waals surface area contributed by atoms with Crippen molar-refractivity contribution in [1.29, 1.82) is 0 Å². The van der Waals surface area contributed by atoms with Gasteiger partial charge in [0.25, 0.3) is 5.78 Å². The van der Waals surface area contributed by atoms with Gasteiger partial charge in [0, 0.05) is 23.7 Å². The van der Waals surface area contributed by atoms with Gasteiger partial charge < -0.3 is 5.11 Å². The van der Waals surface area contributed by atoms with Gasteiger partial charge in [0.05, 0.1) is 11.6 Å². The molecule has 1 saturated heterocycles. The molecule has 1 atom stereocenters. The van der Waals surface area contributed by atoms with Crippen LogP contribution in [0, 0.1) is 12.7 Å². The van der Waals surface area contributed by atoms with Crippen molar-refractivity contribution >= 4 is 45.7 Å². The molecule has 36 heavy (non-hydrogen) atoms. The van der Waals surface area contributed by atoms with Crippen LogP contribution in [0.15, 0.2) is 83.0 Å². The summed E-state index contributed by atoms with van der Waals surface area (Å²) in [7, 11) is 0. The normalized spacial score (nSPS) is 17.1. The van der Waals surface area contributed by atoms with E-state index in [0.717, 1.165) is 16.9 Å².